The Morgan fingerprint density at radius 1 is 1.71 bits per heavy atom. The Kier molecular flexibility index (Phi) is 3.89. The van der Waals surface area contributed by atoms with E-state index >= 15 is 0 Å². The fourth-order valence-electron chi connectivity index (χ4n) is 1.65. The van der Waals surface area contributed by atoms with Gasteiger partial charge in [-0.05, 0) is 19.9 Å². The highest BCUT2D eigenvalue weighted by molar-refractivity contribution is 5.72. The van der Waals surface area contributed by atoms with Crippen LogP contribution in [0.2, 0.25) is 0 Å². The molecule has 1 saturated heterocycles. The first kappa shape index (κ1) is 11.5. The van der Waals surface area contributed by atoms with Gasteiger partial charge in [0.2, 0.25) is 0 Å². The predicted octanol–water partition coefficient (Wildman–Crippen LogP) is 0.137. The molecule has 0 aliphatic carbocycles. The number of rotatable bonds is 4. The smallest absolute Gasteiger partial charge is 0.309 e. The Morgan fingerprint density at radius 3 is 2.93 bits per heavy atom. The maximum atomic E-state index is 11.1. The molecule has 1 fully saturated rings. The number of esters is 1. The van der Waals surface area contributed by atoms with Crippen LogP contribution in [0.5, 0.6) is 0 Å². The van der Waals surface area contributed by atoms with E-state index < -0.39 is 0 Å². The molecule has 1 aliphatic heterocycles. The first-order chi connectivity index (χ1) is 6.57. The molecule has 0 aromatic carbocycles. The average molecular weight is 200 g/mol. The third-order valence-electron chi connectivity index (χ3n) is 2.81. The largest absolute Gasteiger partial charge is 0.469 e. The summed E-state index contributed by atoms with van der Waals surface area (Å²) in [5, 5.41) is 6.71. The maximum absolute atomic E-state index is 11.1. The molecule has 2 atom stereocenters. The van der Waals surface area contributed by atoms with Crippen molar-refractivity contribution in [1.82, 2.24) is 10.6 Å². The quantitative estimate of drug-likeness (QED) is 0.634. The number of hydrogen-bond donors (Lipinski definition) is 2. The minimum atomic E-state index is -0.146. The van der Waals surface area contributed by atoms with Gasteiger partial charge in [-0.1, -0.05) is 6.92 Å². The summed E-state index contributed by atoms with van der Waals surface area (Å²) in [6, 6.07) is 0. The van der Waals surface area contributed by atoms with E-state index in [1.54, 1.807) is 0 Å². The molecule has 2 N–H and O–H groups in total. The van der Waals surface area contributed by atoms with Crippen LogP contribution in [0.15, 0.2) is 0 Å². The minimum Gasteiger partial charge on any atom is -0.469 e. The molecule has 1 heterocycles. The van der Waals surface area contributed by atoms with E-state index in [9.17, 15) is 4.79 Å². The zero-order valence-corrected chi connectivity index (χ0v) is 9.22. The van der Waals surface area contributed by atoms with Gasteiger partial charge in [0.25, 0.3) is 0 Å². The third-order valence-corrected chi connectivity index (χ3v) is 2.81. The predicted molar refractivity (Wildman–Crippen MR) is 55.1 cm³/mol. The van der Waals surface area contributed by atoms with Crippen molar-refractivity contribution in [2.75, 3.05) is 26.7 Å². The second kappa shape index (κ2) is 4.75. The number of hydrogen-bond acceptors (Lipinski definition) is 4. The van der Waals surface area contributed by atoms with Crippen LogP contribution in [0, 0.1) is 5.92 Å². The molecule has 82 valence electrons. The fourth-order valence-corrected chi connectivity index (χ4v) is 1.65. The lowest BCUT2D eigenvalue weighted by Crippen LogP contribution is -2.46. The van der Waals surface area contributed by atoms with Crippen LogP contribution in [0.3, 0.4) is 0 Å². The van der Waals surface area contributed by atoms with E-state index in [-0.39, 0.29) is 17.4 Å². The third kappa shape index (κ3) is 2.96. The Morgan fingerprint density at radius 2 is 2.43 bits per heavy atom. The average Bonchev–Trinajstić information content (AvgIpc) is 2.61. The second-order valence-corrected chi connectivity index (χ2v) is 4.29. The van der Waals surface area contributed by atoms with Gasteiger partial charge in [0.1, 0.15) is 0 Å². The Labute approximate surface area is 85.4 Å². The minimum absolute atomic E-state index is 0.0718. The van der Waals surface area contributed by atoms with E-state index in [1.165, 1.54) is 7.11 Å². The highest BCUT2D eigenvalue weighted by atomic mass is 16.5. The van der Waals surface area contributed by atoms with Gasteiger partial charge in [0.05, 0.1) is 13.0 Å². The highest BCUT2D eigenvalue weighted by Gasteiger charge is 2.28. The van der Waals surface area contributed by atoms with Crippen molar-refractivity contribution in [2.45, 2.75) is 25.8 Å². The molecular weight excluding hydrogens is 180 g/mol. The van der Waals surface area contributed by atoms with Gasteiger partial charge < -0.3 is 15.4 Å². The van der Waals surface area contributed by atoms with Crippen LogP contribution in [0.1, 0.15) is 20.3 Å². The lowest BCUT2D eigenvalue weighted by Gasteiger charge is -2.25. The number of methoxy groups -OCH3 is 1. The van der Waals surface area contributed by atoms with Gasteiger partial charge in [-0.15, -0.1) is 0 Å². The number of nitrogens with one attached hydrogen (secondary N) is 2. The van der Waals surface area contributed by atoms with Gasteiger partial charge in [-0.2, -0.15) is 0 Å². The summed E-state index contributed by atoms with van der Waals surface area (Å²) in [5.74, 6) is -0.218. The van der Waals surface area contributed by atoms with Crippen LogP contribution in [-0.4, -0.2) is 38.3 Å². The van der Waals surface area contributed by atoms with Gasteiger partial charge in [0.15, 0.2) is 0 Å². The van der Waals surface area contributed by atoms with Crippen LogP contribution >= 0.6 is 0 Å². The van der Waals surface area contributed by atoms with Crippen molar-refractivity contribution in [2.24, 2.45) is 5.92 Å². The molecule has 2 unspecified atom stereocenters. The number of carbonyl (C=O) groups is 1. The Hall–Kier alpha value is -0.610. The second-order valence-electron chi connectivity index (χ2n) is 4.29. The molecule has 0 bridgehead atoms. The van der Waals surface area contributed by atoms with E-state index in [4.69, 9.17) is 0 Å². The Balaban J connectivity index is 2.28. The van der Waals surface area contributed by atoms with Crippen molar-refractivity contribution in [3.63, 3.8) is 0 Å². The van der Waals surface area contributed by atoms with Gasteiger partial charge in [-0.3, -0.25) is 4.79 Å². The molecule has 0 spiro atoms. The van der Waals surface area contributed by atoms with Gasteiger partial charge in [0, 0.05) is 18.6 Å². The topological polar surface area (TPSA) is 50.4 Å². The van der Waals surface area contributed by atoms with Crippen molar-refractivity contribution in [3.8, 4) is 0 Å². The summed E-state index contributed by atoms with van der Waals surface area (Å²) in [7, 11) is 1.43. The molecule has 1 rings (SSSR count). The van der Waals surface area contributed by atoms with Gasteiger partial charge in [-0.25, -0.2) is 0 Å². The summed E-state index contributed by atoms with van der Waals surface area (Å²) in [5.41, 5.74) is 0.141. The highest BCUT2D eigenvalue weighted by Crippen LogP contribution is 2.13. The van der Waals surface area contributed by atoms with Crippen LogP contribution in [0.25, 0.3) is 0 Å². The molecule has 0 aromatic heterocycles. The lowest BCUT2D eigenvalue weighted by molar-refractivity contribution is -0.144. The van der Waals surface area contributed by atoms with Crippen molar-refractivity contribution >= 4 is 5.97 Å². The molecule has 0 saturated carbocycles. The zero-order valence-electron chi connectivity index (χ0n) is 9.22. The molecule has 4 heteroatoms. The molecular formula is C10H20N2O2. The summed E-state index contributed by atoms with van der Waals surface area (Å²) in [6.07, 6.45) is 1.11. The molecule has 4 nitrogen and oxygen atoms in total. The number of ether oxygens (including phenoxy) is 1. The molecule has 14 heavy (non-hydrogen) atoms. The molecule has 0 aromatic rings. The maximum Gasteiger partial charge on any atom is 0.309 e. The standard InChI is InChI=1S/C10H20N2O2/c1-8(9(13)14-3)6-12-10(2)4-5-11-7-10/h8,11-12H,4-7H2,1-3H3. The summed E-state index contributed by atoms with van der Waals surface area (Å²) < 4.78 is 4.67. The number of carbonyl (C=O) groups excluding carboxylic acids is 1. The Bertz CT molecular complexity index is 200. The SMILES string of the molecule is COC(=O)C(C)CNC1(C)CCNC1. The fraction of sp³-hybridized carbons (Fsp3) is 0.900. The van der Waals surface area contributed by atoms with Crippen LogP contribution in [0.4, 0.5) is 0 Å². The summed E-state index contributed by atoms with van der Waals surface area (Å²) in [6.45, 7) is 6.77. The van der Waals surface area contributed by atoms with Crippen LogP contribution < -0.4 is 10.6 Å². The van der Waals surface area contributed by atoms with Gasteiger partial charge >= 0.3 is 5.97 Å². The molecule has 1 aliphatic rings. The lowest BCUT2D eigenvalue weighted by atomic mass is 10.0. The zero-order chi connectivity index (χ0) is 10.6. The van der Waals surface area contributed by atoms with E-state index in [1.807, 2.05) is 6.92 Å². The van der Waals surface area contributed by atoms with Crippen LogP contribution in [-0.2, 0) is 9.53 Å². The van der Waals surface area contributed by atoms with Crippen molar-refractivity contribution in [3.05, 3.63) is 0 Å². The summed E-state index contributed by atoms with van der Waals surface area (Å²) in [4.78, 5) is 11.1. The monoisotopic (exact) mass is 200 g/mol. The van der Waals surface area contributed by atoms with E-state index in [0.29, 0.717) is 6.54 Å². The summed E-state index contributed by atoms with van der Waals surface area (Å²) >= 11 is 0. The first-order valence-electron chi connectivity index (χ1n) is 5.11. The van der Waals surface area contributed by atoms with Crippen molar-refractivity contribution < 1.29 is 9.53 Å². The van der Waals surface area contributed by atoms with Crippen molar-refractivity contribution in [1.29, 1.82) is 0 Å². The molecule has 0 amide bonds. The van der Waals surface area contributed by atoms with E-state index in [0.717, 1.165) is 19.5 Å². The normalized spacial score (nSPS) is 28.8. The first-order valence-corrected chi connectivity index (χ1v) is 5.11. The molecule has 0 radical (unpaired) electrons. The van der Waals surface area contributed by atoms with E-state index in [2.05, 4.69) is 22.3 Å².